The van der Waals surface area contributed by atoms with Crippen LogP contribution in [0.5, 0.6) is 0 Å². The number of rotatable bonds is 7. The lowest BCUT2D eigenvalue weighted by Gasteiger charge is -2.23. The maximum atomic E-state index is 5.28. The standard InChI is InChI=1S/C10H22NO2/c1-10(2)8-13-9-12-7-6-11(3,4)5/h1,6-9H2,2-5H3/q+1. The van der Waals surface area contributed by atoms with E-state index in [9.17, 15) is 0 Å². The van der Waals surface area contributed by atoms with E-state index >= 15 is 0 Å². The van der Waals surface area contributed by atoms with Crippen molar-refractivity contribution in [1.82, 2.24) is 0 Å². The van der Waals surface area contributed by atoms with Gasteiger partial charge in [0, 0.05) is 0 Å². The topological polar surface area (TPSA) is 18.5 Å². The van der Waals surface area contributed by atoms with E-state index < -0.39 is 0 Å². The highest BCUT2D eigenvalue weighted by Crippen LogP contribution is 1.91. The molecule has 0 saturated heterocycles. The zero-order chi connectivity index (χ0) is 10.3. The molecule has 0 atom stereocenters. The van der Waals surface area contributed by atoms with E-state index in [0.717, 1.165) is 23.2 Å². The van der Waals surface area contributed by atoms with Crippen LogP contribution in [0.4, 0.5) is 0 Å². The zero-order valence-corrected chi connectivity index (χ0v) is 9.30. The largest absolute Gasteiger partial charge is 0.351 e. The quantitative estimate of drug-likeness (QED) is 0.259. The van der Waals surface area contributed by atoms with E-state index in [1.54, 1.807) is 0 Å². The summed E-state index contributed by atoms with van der Waals surface area (Å²) in [5.41, 5.74) is 1.02. The maximum absolute atomic E-state index is 5.28. The SMILES string of the molecule is C=C(C)COCOCC[N+](C)(C)C. The van der Waals surface area contributed by atoms with E-state index in [-0.39, 0.29) is 0 Å². The fourth-order valence-corrected chi connectivity index (χ4v) is 0.672. The Balaban J connectivity index is 3.13. The number of ether oxygens (including phenoxy) is 2. The predicted octanol–water partition coefficient (Wildman–Crippen LogP) is 1.26. The van der Waals surface area contributed by atoms with Crippen molar-refractivity contribution in [3.63, 3.8) is 0 Å². The van der Waals surface area contributed by atoms with Crippen LogP contribution in [0, 0.1) is 0 Å². The molecule has 0 aliphatic rings. The molecule has 0 aliphatic heterocycles. The molecule has 0 rings (SSSR count). The van der Waals surface area contributed by atoms with Crippen LogP contribution in [0.1, 0.15) is 6.92 Å². The Bertz CT molecular complexity index is 149. The first-order valence-electron chi connectivity index (χ1n) is 4.52. The second kappa shape index (κ2) is 6.13. The van der Waals surface area contributed by atoms with Gasteiger partial charge in [-0.2, -0.15) is 0 Å². The molecule has 0 heterocycles. The Hall–Kier alpha value is -0.380. The summed E-state index contributed by atoms with van der Waals surface area (Å²) in [4.78, 5) is 0. The molecule has 0 aliphatic carbocycles. The Morgan fingerprint density at radius 2 is 1.85 bits per heavy atom. The monoisotopic (exact) mass is 188 g/mol. The summed E-state index contributed by atoms with van der Waals surface area (Å²) in [6, 6.07) is 0. The Morgan fingerprint density at radius 1 is 1.23 bits per heavy atom. The van der Waals surface area contributed by atoms with Gasteiger partial charge in [0.1, 0.15) is 13.3 Å². The van der Waals surface area contributed by atoms with Gasteiger partial charge in [-0.25, -0.2) is 0 Å². The number of hydrogen-bond donors (Lipinski definition) is 0. The second-order valence-electron chi connectivity index (χ2n) is 4.35. The average molecular weight is 188 g/mol. The fourth-order valence-electron chi connectivity index (χ4n) is 0.672. The number of quaternary nitrogens is 1. The second-order valence-corrected chi connectivity index (χ2v) is 4.35. The smallest absolute Gasteiger partial charge is 0.147 e. The van der Waals surface area contributed by atoms with E-state index in [0.29, 0.717) is 13.4 Å². The van der Waals surface area contributed by atoms with Crippen LogP contribution in [-0.4, -0.2) is 52.2 Å². The predicted molar refractivity (Wildman–Crippen MR) is 54.5 cm³/mol. The average Bonchev–Trinajstić information content (AvgIpc) is 1.93. The molecule has 0 radical (unpaired) electrons. The van der Waals surface area contributed by atoms with Crippen LogP contribution in [0.25, 0.3) is 0 Å². The van der Waals surface area contributed by atoms with Crippen molar-refractivity contribution in [1.29, 1.82) is 0 Å². The molecular weight excluding hydrogens is 166 g/mol. The minimum atomic E-state index is 0.368. The molecule has 0 fully saturated rings. The minimum Gasteiger partial charge on any atom is -0.351 e. The first-order valence-corrected chi connectivity index (χ1v) is 4.52. The Kier molecular flexibility index (Phi) is 5.95. The Labute approximate surface area is 81.5 Å². The molecule has 0 saturated carbocycles. The molecule has 13 heavy (non-hydrogen) atoms. The summed E-state index contributed by atoms with van der Waals surface area (Å²) >= 11 is 0. The van der Waals surface area contributed by atoms with Crippen molar-refractivity contribution in [2.24, 2.45) is 0 Å². The van der Waals surface area contributed by atoms with Gasteiger partial charge in [0.15, 0.2) is 0 Å². The maximum Gasteiger partial charge on any atom is 0.147 e. The van der Waals surface area contributed by atoms with E-state index in [1.165, 1.54) is 0 Å². The molecule has 78 valence electrons. The van der Waals surface area contributed by atoms with Gasteiger partial charge >= 0.3 is 0 Å². The first-order chi connectivity index (χ1) is 5.92. The van der Waals surface area contributed by atoms with Gasteiger partial charge in [-0.15, -0.1) is 0 Å². The first kappa shape index (κ1) is 12.6. The molecule has 0 aromatic rings. The molecule has 0 spiro atoms. The van der Waals surface area contributed by atoms with Gasteiger partial charge < -0.3 is 14.0 Å². The lowest BCUT2D eigenvalue weighted by atomic mass is 10.4. The normalized spacial score (nSPS) is 11.7. The molecule has 3 heteroatoms. The van der Waals surface area contributed by atoms with Gasteiger partial charge in [-0.1, -0.05) is 12.2 Å². The van der Waals surface area contributed by atoms with Gasteiger partial charge in [0.05, 0.1) is 34.4 Å². The van der Waals surface area contributed by atoms with E-state index in [1.807, 2.05) is 6.92 Å². The van der Waals surface area contributed by atoms with Crippen LogP contribution in [-0.2, 0) is 9.47 Å². The third kappa shape index (κ3) is 11.6. The summed E-state index contributed by atoms with van der Waals surface area (Å²) < 4.78 is 11.4. The van der Waals surface area contributed by atoms with Crippen LogP contribution < -0.4 is 0 Å². The summed E-state index contributed by atoms with van der Waals surface area (Å²) in [7, 11) is 6.41. The third-order valence-corrected chi connectivity index (χ3v) is 1.42. The zero-order valence-electron chi connectivity index (χ0n) is 9.30. The van der Waals surface area contributed by atoms with Gasteiger partial charge in [0.25, 0.3) is 0 Å². The molecule has 0 unspecified atom stereocenters. The number of likely N-dealkylation sites (N-methyl/N-ethyl adjacent to an activating group) is 1. The summed E-state index contributed by atoms with van der Waals surface area (Å²) in [5, 5.41) is 0. The highest BCUT2D eigenvalue weighted by molar-refractivity contribution is 4.86. The van der Waals surface area contributed by atoms with Crippen molar-refractivity contribution in [2.45, 2.75) is 6.92 Å². The molecule has 0 bridgehead atoms. The van der Waals surface area contributed by atoms with Gasteiger partial charge in [0.2, 0.25) is 0 Å². The minimum absolute atomic E-state index is 0.368. The molecule has 0 N–H and O–H groups in total. The molecule has 0 aromatic carbocycles. The summed E-state index contributed by atoms with van der Waals surface area (Å²) in [5.74, 6) is 0. The summed E-state index contributed by atoms with van der Waals surface area (Å²) in [6.45, 7) is 8.35. The third-order valence-electron chi connectivity index (χ3n) is 1.42. The molecule has 0 aromatic heterocycles. The lowest BCUT2D eigenvalue weighted by molar-refractivity contribution is -0.870. The highest BCUT2D eigenvalue weighted by atomic mass is 16.7. The molecular formula is C10H22NO2+. The highest BCUT2D eigenvalue weighted by Gasteiger charge is 2.05. The van der Waals surface area contributed by atoms with Crippen molar-refractivity contribution < 1.29 is 14.0 Å². The summed E-state index contributed by atoms with van der Waals surface area (Å²) in [6.07, 6.45) is 0. The van der Waals surface area contributed by atoms with Crippen LogP contribution in [0.2, 0.25) is 0 Å². The van der Waals surface area contributed by atoms with Crippen molar-refractivity contribution >= 4 is 0 Å². The fraction of sp³-hybridized carbons (Fsp3) is 0.800. The van der Waals surface area contributed by atoms with E-state index in [2.05, 4.69) is 27.7 Å². The van der Waals surface area contributed by atoms with Crippen molar-refractivity contribution in [2.75, 3.05) is 47.7 Å². The molecule has 3 nitrogen and oxygen atoms in total. The van der Waals surface area contributed by atoms with E-state index in [4.69, 9.17) is 9.47 Å². The van der Waals surface area contributed by atoms with Crippen LogP contribution >= 0.6 is 0 Å². The van der Waals surface area contributed by atoms with Crippen LogP contribution in [0.15, 0.2) is 12.2 Å². The van der Waals surface area contributed by atoms with Crippen molar-refractivity contribution in [3.05, 3.63) is 12.2 Å². The number of nitrogens with zero attached hydrogens (tertiary/aromatic N) is 1. The number of hydrogen-bond acceptors (Lipinski definition) is 2. The van der Waals surface area contributed by atoms with Gasteiger partial charge in [-0.05, 0) is 6.92 Å². The molecule has 0 amide bonds. The lowest BCUT2D eigenvalue weighted by Crippen LogP contribution is -2.37. The van der Waals surface area contributed by atoms with Gasteiger partial charge in [-0.3, -0.25) is 0 Å². The van der Waals surface area contributed by atoms with Crippen molar-refractivity contribution in [3.8, 4) is 0 Å². The Morgan fingerprint density at radius 3 is 2.31 bits per heavy atom. The van der Waals surface area contributed by atoms with Crippen LogP contribution in [0.3, 0.4) is 0 Å².